The van der Waals surface area contributed by atoms with Gasteiger partial charge in [0, 0.05) is 35.6 Å². The van der Waals surface area contributed by atoms with Crippen molar-refractivity contribution in [3.05, 3.63) is 84.2 Å². The van der Waals surface area contributed by atoms with Crippen molar-refractivity contribution in [3.8, 4) is 22.8 Å². The molecule has 1 amide bonds. The number of pyridine rings is 1. The van der Waals surface area contributed by atoms with Crippen LogP contribution < -0.4 is 21.5 Å². The number of primary amides is 1. The third-order valence-corrected chi connectivity index (χ3v) is 4.94. The number of carbonyl (C=O) groups excluding carboxylic acids is 1. The first-order chi connectivity index (χ1) is 15.9. The van der Waals surface area contributed by atoms with Crippen LogP contribution in [0.1, 0.15) is 35.8 Å². The minimum absolute atomic E-state index is 0.132. The Kier molecular flexibility index (Phi) is 6.17. The van der Waals surface area contributed by atoms with Crippen LogP contribution in [-0.2, 0) is 0 Å². The maximum absolute atomic E-state index is 11.3. The van der Waals surface area contributed by atoms with Crippen LogP contribution in [-0.4, -0.2) is 20.9 Å². The van der Waals surface area contributed by atoms with Crippen molar-refractivity contribution in [3.63, 3.8) is 0 Å². The molecule has 0 saturated carbocycles. The predicted octanol–water partition coefficient (Wildman–Crippen LogP) is 4.88. The highest BCUT2D eigenvalue weighted by Gasteiger charge is 2.09. The number of nitrogens with zero attached hydrogens (tertiary/aromatic N) is 3. The van der Waals surface area contributed by atoms with Gasteiger partial charge in [0.1, 0.15) is 23.0 Å². The molecule has 0 unspecified atom stereocenters. The van der Waals surface area contributed by atoms with Gasteiger partial charge in [-0.3, -0.25) is 9.78 Å². The lowest BCUT2D eigenvalue weighted by Gasteiger charge is -2.11. The number of nitrogen functional groups attached to an aromatic ring is 1. The molecule has 0 fully saturated rings. The Labute approximate surface area is 191 Å². The fourth-order valence-electron chi connectivity index (χ4n) is 3.25. The summed E-state index contributed by atoms with van der Waals surface area (Å²) in [7, 11) is 0. The fourth-order valence-corrected chi connectivity index (χ4v) is 3.25. The quantitative estimate of drug-likeness (QED) is 0.373. The van der Waals surface area contributed by atoms with E-state index in [1.807, 2.05) is 30.3 Å². The van der Waals surface area contributed by atoms with Crippen LogP contribution in [0.5, 0.6) is 11.5 Å². The number of ether oxygens (including phenoxy) is 1. The smallest absolute Gasteiger partial charge is 0.267 e. The number of hydrogen-bond acceptors (Lipinski definition) is 7. The highest BCUT2D eigenvalue weighted by molar-refractivity contribution is 5.91. The normalized spacial score (nSPS) is 10.8. The zero-order chi connectivity index (χ0) is 23.4. The largest absolute Gasteiger partial charge is 0.457 e. The van der Waals surface area contributed by atoms with E-state index in [4.69, 9.17) is 16.2 Å². The van der Waals surface area contributed by atoms with Crippen LogP contribution >= 0.6 is 0 Å². The van der Waals surface area contributed by atoms with Crippen molar-refractivity contribution in [1.29, 1.82) is 0 Å². The molecule has 0 spiro atoms. The maximum Gasteiger partial charge on any atom is 0.267 e. The van der Waals surface area contributed by atoms with Crippen LogP contribution in [0.2, 0.25) is 0 Å². The summed E-state index contributed by atoms with van der Waals surface area (Å²) in [6.07, 6.45) is 1.47. The summed E-state index contributed by atoms with van der Waals surface area (Å²) in [5.74, 6) is 1.58. The number of nitrogens with two attached hydrogens (primary N) is 2. The van der Waals surface area contributed by atoms with Gasteiger partial charge in [-0.1, -0.05) is 44.2 Å². The van der Waals surface area contributed by atoms with Gasteiger partial charge < -0.3 is 21.5 Å². The van der Waals surface area contributed by atoms with E-state index in [9.17, 15) is 4.79 Å². The molecule has 8 nitrogen and oxygen atoms in total. The second-order valence-corrected chi connectivity index (χ2v) is 7.77. The molecule has 0 radical (unpaired) electrons. The van der Waals surface area contributed by atoms with Crippen molar-refractivity contribution in [2.24, 2.45) is 5.73 Å². The molecular formula is C25H24N6O2. The molecule has 0 aliphatic carbocycles. The standard InChI is InChI=1S/C25H24N6O2/c1-15(2)16-6-8-17(9-7-16)21-14-23(31-25(27)30-21)29-18-4-3-5-19(12-18)33-20-10-11-28-22(13-20)24(26)32/h3-15H,1-2H3,(H2,26,32)(H3,27,29,30,31). The predicted molar refractivity (Wildman–Crippen MR) is 129 cm³/mol. The molecule has 0 bridgehead atoms. The lowest BCUT2D eigenvalue weighted by molar-refractivity contribution is 0.0995. The fraction of sp³-hybridized carbons (Fsp3) is 0.120. The van der Waals surface area contributed by atoms with E-state index in [-0.39, 0.29) is 11.6 Å². The third-order valence-electron chi connectivity index (χ3n) is 4.94. The summed E-state index contributed by atoms with van der Waals surface area (Å²) in [6, 6.07) is 20.5. The molecule has 8 heteroatoms. The number of amides is 1. The monoisotopic (exact) mass is 440 g/mol. The SMILES string of the molecule is CC(C)c1ccc(-c2cc(Nc3cccc(Oc4ccnc(C(N)=O)c4)c3)nc(N)n2)cc1. The number of benzene rings is 2. The Bertz CT molecular complexity index is 1290. The van der Waals surface area contributed by atoms with Crippen LogP contribution in [0.4, 0.5) is 17.5 Å². The van der Waals surface area contributed by atoms with E-state index in [0.29, 0.717) is 23.2 Å². The molecule has 2 aromatic carbocycles. The van der Waals surface area contributed by atoms with Crippen LogP contribution in [0.3, 0.4) is 0 Å². The molecule has 166 valence electrons. The number of rotatable bonds is 7. The van der Waals surface area contributed by atoms with E-state index in [2.05, 4.69) is 46.2 Å². The van der Waals surface area contributed by atoms with Gasteiger partial charge in [-0.05, 0) is 29.7 Å². The molecular weight excluding hydrogens is 416 g/mol. The molecule has 0 aliphatic heterocycles. The first-order valence-electron chi connectivity index (χ1n) is 10.4. The van der Waals surface area contributed by atoms with Gasteiger partial charge in [0.2, 0.25) is 5.95 Å². The summed E-state index contributed by atoms with van der Waals surface area (Å²) in [5.41, 5.74) is 15.1. The zero-order valence-electron chi connectivity index (χ0n) is 18.3. The summed E-state index contributed by atoms with van der Waals surface area (Å²) < 4.78 is 5.85. The maximum atomic E-state index is 11.3. The lowest BCUT2D eigenvalue weighted by atomic mass is 10.0. The van der Waals surface area contributed by atoms with E-state index in [1.54, 1.807) is 18.2 Å². The number of aromatic nitrogens is 3. The van der Waals surface area contributed by atoms with Crippen molar-refractivity contribution in [1.82, 2.24) is 15.0 Å². The van der Waals surface area contributed by atoms with Gasteiger partial charge in [-0.15, -0.1) is 0 Å². The molecule has 0 aliphatic rings. The van der Waals surface area contributed by atoms with E-state index >= 15 is 0 Å². The average molecular weight is 441 g/mol. The van der Waals surface area contributed by atoms with E-state index in [1.165, 1.54) is 17.8 Å². The van der Waals surface area contributed by atoms with Gasteiger partial charge in [0.15, 0.2) is 0 Å². The second kappa shape index (κ2) is 9.35. The summed E-state index contributed by atoms with van der Waals surface area (Å²) in [6.45, 7) is 4.31. The summed E-state index contributed by atoms with van der Waals surface area (Å²) in [5, 5.41) is 3.24. The third kappa shape index (κ3) is 5.43. The molecule has 33 heavy (non-hydrogen) atoms. The van der Waals surface area contributed by atoms with E-state index < -0.39 is 5.91 Å². The molecule has 4 rings (SSSR count). The van der Waals surface area contributed by atoms with Crippen LogP contribution in [0.15, 0.2) is 72.9 Å². The average Bonchev–Trinajstić information content (AvgIpc) is 2.79. The van der Waals surface area contributed by atoms with Gasteiger partial charge in [-0.2, -0.15) is 4.98 Å². The first kappa shape index (κ1) is 21.8. The molecule has 5 N–H and O–H groups in total. The van der Waals surface area contributed by atoms with Crippen molar-refractivity contribution >= 4 is 23.4 Å². The molecule has 4 aromatic rings. The van der Waals surface area contributed by atoms with Gasteiger partial charge >= 0.3 is 0 Å². The Morgan fingerprint density at radius 3 is 2.45 bits per heavy atom. The number of nitrogens with one attached hydrogen (secondary N) is 1. The second-order valence-electron chi connectivity index (χ2n) is 7.77. The summed E-state index contributed by atoms with van der Waals surface area (Å²) >= 11 is 0. The number of anilines is 3. The van der Waals surface area contributed by atoms with E-state index in [0.717, 1.165) is 16.9 Å². The molecule has 0 atom stereocenters. The molecule has 2 aromatic heterocycles. The van der Waals surface area contributed by atoms with Gasteiger partial charge in [0.25, 0.3) is 5.91 Å². The Morgan fingerprint density at radius 1 is 0.970 bits per heavy atom. The van der Waals surface area contributed by atoms with Crippen molar-refractivity contribution in [2.75, 3.05) is 11.1 Å². The highest BCUT2D eigenvalue weighted by atomic mass is 16.5. The van der Waals surface area contributed by atoms with Crippen molar-refractivity contribution < 1.29 is 9.53 Å². The topological polar surface area (TPSA) is 129 Å². The minimum atomic E-state index is -0.619. The highest BCUT2D eigenvalue weighted by Crippen LogP contribution is 2.28. The van der Waals surface area contributed by atoms with Crippen LogP contribution in [0.25, 0.3) is 11.3 Å². The first-order valence-corrected chi connectivity index (χ1v) is 10.4. The number of hydrogen-bond donors (Lipinski definition) is 3. The Balaban J connectivity index is 1.54. The summed E-state index contributed by atoms with van der Waals surface area (Å²) in [4.78, 5) is 23.9. The lowest BCUT2D eigenvalue weighted by Crippen LogP contribution is -2.12. The van der Waals surface area contributed by atoms with Gasteiger partial charge in [-0.25, -0.2) is 4.98 Å². The van der Waals surface area contributed by atoms with Crippen LogP contribution in [0, 0.1) is 0 Å². The zero-order valence-corrected chi connectivity index (χ0v) is 18.3. The Morgan fingerprint density at radius 2 is 1.73 bits per heavy atom. The molecule has 0 saturated heterocycles. The van der Waals surface area contributed by atoms with Crippen molar-refractivity contribution in [2.45, 2.75) is 19.8 Å². The Hall–Kier alpha value is -4.46. The van der Waals surface area contributed by atoms with Gasteiger partial charge in [0.05, 0.1) is 5.69 Å². The number of carbonyl (C=O) groups is 1. The molecule has 2 heterocycles. The minimum Gasteiger partial charge on any atom is -0.457 e.